The van der Waals surface area contributed by atoms with Crippen molar-refractivity contribution in [3.05, 3.63) is 24.3 Å². The fraction of sp³-hybridized carbons (Fsp3) is 0.579. The molecule has 0 aromatic heterocycles. The van der Waals surface area contributed by atoms with Crippen LogP contribution in [0.25, 0.3) is 0 Å². The third kappa shape index (κ3) is 5.11. The molecule has 138 valence electrons. The molecule has 0 radical (unpaired) electrons. The monoisotopic (exact) mass is 347 g/mol. The molecule has 1 aliphatic heterocycles. The van der Waals surface area contributed by atoms with Crippen LogP contribution in [-0.2, 0) is 4.79 Å². The molecule has 2 rings (SSSR count). The first-order valence-corrected chi connectivity index (χ1v) is 9.17. The second-order valence-electron chi connectivity index (χ2n) is 6.27. The zero-order valence-electron chi connectivity index (χ0n) is 15.5. The van der Waals surface area contributed by atoms with Crippen molar-refractivity contribution in [3.63, 3.8) is 0 Å². The van der Waals surface area contributed by atoms with E-state index in [-0.39, 0.29) is 18.0 Å². The van der Waals surface area contributed by atoms with E-state index in [0.717, 1.165) is 37.4 Å². The Morgan fingerprint density at radius 2 is 1.84 bits per heavy atom. The van der Waals surface area contributed by atoms with Gasteiger partial charge in [-0.3, -0.25) is 4.79 Å². The van der Waals surface area contributed by atoms with E-state index in [0.29, 0.717) is 19.6 Å². The predicted octanol–water partition coefficient (Wildman–Crippen LogP) is 3.02. The molecule has 6 nitrogen and oxygen atoms in total. The Kier molecular flexibility index (Phi) is 7.10. The fourth-order valence-corrected chi connectivity index (χ4v) is 3.06. The molecule has 0 spiro atoms. The van der Waals surface area contributed by atoms with Gasteiger partial charge < -0.3 is 19.9 Å². The maximum Gasteiger partial charge on any atom is 0.317 e. The minimum atomic E-state index is -0.150. The molecule has 1 heterocycles. The SMILES string of the molecule is CCCN(CCC)C(=O)NC1CC(=O)N(c2ccc(OCC)cc2)C1. The molecule has 1 aromatic rings. The van der Waals surface area contributed by atoms with Gasteiger partial charge in [-0.2, -0.15) is 0 Å². The van der Waals surface area contributed by atoms with E-state index in [2.05, 4.69) is 19.2 Å². The Labute approximate surface area is 150 Å². The van der Waals surface area contributed by atoms with Crippen molar-refractivity contribution < 1.29 is 14.3 Å². The molecular weight excluding hydrogens is 318 g/mol. The summed E-state index contributed by atoms with van der Waals surface area (Å²) in [5, 5.41) is 3.01. The molecule has 3 amide bonds. The number of nitrogens with one attached hydrogen (secondary N) is 1. The van der Waals surface area contributed by atoms with Gasteiger partial charge in [0.1, 0.15) is 5.75 Å². The fourth-order valence-electron chi connectivity index (χ4n) is 3.06. The second-order valence-corrected chi connectivity index (χ2v) is 6.27. The summed E-state index contributed by atoms with van der Waals surface area (Å²) in [5.74, 6) is 0.824. The summed E-state index contributed by atoms with van der Waals surface area (Å²) in [4.78, 5) is 28.3. The van der Waals surface area contributed by atoms with E-state index in [1.807, 2.05) is 36.1 Å². The second kappa shape index (κ2) is 9.30. The van der Waals surface area contributed by atoms with Crippen LogP contribution in [0.2, 0.25) is 0 Å². The van der Waals surface area contributed by atoms with Gasteiger partial charge in [-0.25, -0.2) is 4.79 Å². The summed E-state index contributed by atoms with van der Waals surface area (Å²) >= 11 is 0. The Morgan fingerprint density at radius 1 is 1.20 bits per heavy atom. The third-order valence-corrected chi connectivity index (χ3v) is 4.19. The topological polar surface area (TPSA) is 61.9 Å². The highest BCUT2D eigenvalue weighted by Crippen LogP contribution is 2.24. The molecule has 1 fully saturated rings. The first kappa shape index (κ1) is 19.1. The summed E-state index contributed by atoms with van der Waals surface area (Å²) < 4.78 is 5.43. The summed E-state index contributed by atoms with van der Waals surface area (Å²) in [5.41, 5.74) is 0.837. The van der Waals surface area contributed by atoms with Gasteiger partial charge in [0, 0.05) is 31.7 Å². The largest absolute Gasteiger partial charge is 0.494 e. The summed E-state index contributed by atoms with van der Waals surface area (Å²) in [6.45, 7) is 8.65. The molecular formula is C19H29N3O3. The number of hydrogen-bond donors (Lipinski definition) is 1. The average molecular weight is 347 g/mol. The van der Waals surface area contributed by atoms with Gasteiger partial charge in [-0.15, -0.1) is 0 Å². The lowest BCUT2D eigenvalue weighted by molar-refractivity contribution is -0.117. The van der Waals surface area contributed by atoms with E-state index in [1.165, 1.54) is 0 Å². The minimum Gasteiger partial charge on any atom is -0.494 e. The van der Waals surface area contributed by atoms with E-state index < -0.39 is 0 Å². The lowest BCUT2D eigenvalue weighted by Gasteiger charge is -2.24. The Morgan fingerprint density at radius 3 is 2.40 bits per heavy atom. The van der Waals surface area contributed by atoms with Crippen molar-refractivity contribution in [3.8, 4) is 5.75 Å². The van der Waals surface area contributed by atoms with E-state index in [9.17, 15) is 9.59 Å². The number of ether oxygens (including phenoxy) is 1. The van der Waals surface area contributed by atoms with Gasteiger partial charge in [-0.05, 0) is 44.0 Å². The van der Waals surface area contributed by atoms with Crippen molar-refractivity contribution in [2.75, 3.05) is 31.1 Å². The number of benzene rings is 1. The number of amides is 3. The average Bonchev–Trinajstić information content (AvgIpc) is 2.96. The van der Waals surface area contributed by atoms with E-state index in [1.54, 1.807) is 4.90 Å². The van der Waals surface area contributed by atoms with Crippen molar-refractivity contribution >= 4 is 17.6 Å². The van der Waals surface area contributed by atoms with Crippen molar-refractivity contribution in [2.24, 2.45) is 0 Å². The van der Waals surface area contributed by atoms with Crippen LogP contribution in [0.3, 0.4) is 0 Å². The Balaban J connectivity index is 1.96. The molecule has 1 unspecified atom stereocenters. The van der Waals surface area contributed by atoms with Gasteiger partial charge >= 0.3 is 6.03 Å². The highest BCUT2D eigenvalue weighted by Gasteiger charge is 2.32. The summed E-state index contributed by atoms with van der Waals surface area (Å²) in [7, 11) is 0. The molecule has 0 aliphatic carbocycles. The maximum atomic E-state index is 12.4. The van der Waals surface area contributed by atoms with Crippen molar-refractivity contribution in [1.29, 1.82) is 0 Å². The lowest BCUT2D eigenvalue weighted by Crippen LogP contribution is -2.46. The zero-order valence-corrected chi connectivity index (χ0v) is 15.5. The van der Waals surface area contributed by atoms with Gasteiger partial charge in [0.2, 0.25) is 5.91 Å². The molecule has 25 heavy (non-hydrogen) atoms. The van der Waals surface area contributed by atoms with Crippen LogP contribution in [-0.4, -0.2) is 49.1 Å². The maximum absolute atomic E-state index is 12.4. The van der Waals surface area contributed by atoms with Crippen molar-refractivity contribution in [2.45, 2.75) is 46.1 Å². The number of carbonyl (C=O) groups excluding carboxylic acids is 2. The molecule has 1 atom stereocenters. The molecule has 1 aromatic carbocycles. The summed E-state index contributed by atoms with van der Waals surface area (Å²) in [6, 6.07) is 7.27. The van der Waals surface area contributed by atoms with Crippen LogP contribution in [0.1, 0.15) is 40.0 Å². The zero-order chi connectivity index (χ0) is 18.2. The highest BCUT2D eigenvalue weighted by molar-refractivity contribution is 5.96. The number of carbonyl (C=O) groups is 2. The smallest absolute Gasteiger partial charge is 0.317 e. The van der Waals surface area contributed by atoms with E-state index >= 15 is 0 Å². The van der Waals surface area contributed by atoms with Crippen LogP contribution in [0.15, 0.2) is 24.3 Å². The molecule has 0 saturated carbocycles. The third-order valence-electron chi connectivity index (χ3n) is 4.19. The number of urea groups is 1. The first-order chi connectivity index (χ1) is 12.1. The standard InChI is InChI=1S/C19H29N3O3/c1-4-11-21(12-5-2)19(24)20-15-13-18(23)22(14-15)16-7-9-17(10-8-16)25-6-3/h7-10,15H,4-6,11-14H2,1-3H3,(H,20,24). The molecule has 1 saturated heterocycles. The van der Waals surface area contributed by atoms with E-state index in [4.69, 9.17) is 4.74 Å². The quantitative estimate of drug-likeness (QED) is 0.786. The molecule has 6 heteroatoms. The van der Waals surface area contributed by atoms with Gasteiger partial charge in [0.05, 0.1) is 12.6 Å². The number of anilines is 1. The van der Waals surface area contributed by atoms with Crippen LogP contribution in [0.4, 0.5) is 10.5 Å². The van der Waals surface area contributed by atoms with Crippen molar-refractivity contribution in [1.82, 2.24) is 10.2 Å². The first-order valence-electron chi connectivity index (χ1n) is 9.17. The highest BCUT2D eigenvalue weighted by atomic mass is 16.5. The summed E-state index contributed by atoms with van der Waals surface area (Å²) in [6.07, 6.45) is 2.19. The Hall–Kier alpha value is -2.24. The number of nitrogens with zero attached hydrogens (tertiary/aromatic N) is 2. The van der Waals surface area contributed by atoms with Gasteiger partial charge in [-0.1, -0.05) is 13.8 Å². The number of hydrogen-bond acceptors (Lipinski definition) is 3. The number of rotatable bonds is 8. The van der Waals surface area contributed by atoms with Crippen LogP contribution in [0, 0.1) is 0 Å². The molecule has 0 bridgehead atoms. The predicted molar refractivity (Wildman–Crippen MR) is 99.1 cm³/mol. The van der Waals surface area contributed by atoms with Crippen LogP contribution >= 0.6 is 0 Å². The lowest BCUT2D eigenvalue weighted by atomic mass is 10.2. The van der Waals surface area contributed by atoms with Crippen LogP contribution < -0.4 is 15.0 Å². The van der Waals surface area contributed by atoms with Gasteiger partial charge in [0.15, 0.2) is 0 Å². The Bertz CT molecular complexity index is 568. The molecule has 1 aliphatic rings. The molecule has 1 N–H and O–H groups in total. The van der Waals surface area contributed by atoms with Crippen LogP contribution in [0.5, 0.6) is 5.75 Å². The van der Waals surface area contributed by atoms with Gasteiger partial charge in [0.25, 0.3) is 0 Å². The minimum absolute atomic E-state index is 0.0343. The normalized spacial score (nSPS) is 16.8.